The van der Waals surface area contributed by atoms with Gasteiger partial charge in [-0.15, -0.1) is 0 Å². The van der Waals surface area contributed by atoms with Crippen molar-refractivity contribution in [1.82, 2.24) is 0 Å². The van der Waals surface area contributed by atoms with Crippen LogP contribution in [0.25, 0.3) is 0 Å². The topological polar surface area (TPSA) is 108 Å². The summed E-state index contributed by atoms with van der Waals surface area (Å²) in [6.07, 6.45) is 0.859. The number of carboxylic acid groups (broad SMARTS) is 1. The van der Waals surface area contributed by atoms with Gasteiger partial charge in [0.2, 0.25) is 0 Å². The standard InChI is InChI=1S/C13H15NO7/c1-19-11-4-9(13(15)16)10(14(17)18)5-12(11)21-7-8-2-3-20-6-8/h4-5,8H,2-3,6-7H2,1H3,(H,15,16). The molecule has 2 rings (SSSR count). The van der Waals surface area contributed by atoms with Crippen LogP contribution in [-0.2, 0) is 4.74 Å². The number of carboxylic acids is 1. The minimum Gasteiger partial charge on any atom is -0.493 e. The van der Waals surface area contributed by atoms with Crippen LogP contribution in [0.3, 0.4) is 0 Å². The fraction of sp³-hybridized carbons (Fsp3) is 0.462. The van der Waals surface area contributed by atoms with E-state index in [1.54, 1.807) is 0 Å². The maximum atomic E-state index is 11.1. The van der Waals surface area contributed by atoms with E-state index in [1.165, 1.54) is 7.11 Å². The monoisotopic (exact) mass is 297 g/mol. The summed E-state index contributed by atoms with van der Waals surface area (Å²) in [5.41, 5.74) is -0.964. The van der Waals surface area contributed by atoms with Crippen molar-refractivity contribution in [3.05, 3.63) is 27.8 Å². The number of nitro benzene ring substituents is 1. The normalized spacial score (nSPS) is 17.5. The van der Waals surface area contributed by atoms with E-state index in [4.69, 9.17) is 19.3 Å². The van der Waals surface area contributed by atoms with Crippen molar-refractivity contribution in [3.63, 3.8) is 0 Å². The van der Waals surface area contributed by atoms with Crippen molar-refractivity contribution in [3.8, 4) is 11.5 Å². The van der Waals surface area contributed by atoms with E-state index in [0.29, 0.717) is 19.8 Å². The number of methoxy groups -OCH3 is 1. The van der Waals surface area contributed by atoms with Crippen LogP contribution in [0.1, 0.15) is 16.8 Å². The van der Waals surface area contributed by atoms with Crippen molar-refractivity contribution in [1.29, 1.82) is 0 Å². The molecule has 1 unspecified atom stereocenters. The second kappa shape index (κ2) is 6.40. The first kappa shape index (κ1) is 15.0. The highest BCUT2D eigenvalue weighted by Crippen LogP contribution is 2.35. The van der Waals surface area contributed by atoms with E-state index in [9.17, 15) is 14.9 Å². The largest absolute Gasteiger partial charge is 0.493 e. The maximum Gasteiger partial charge on any atom is 0.342 e. The van der Waals surface area contributed by atoms with Crippen LogP contribution < -0.4 is 9.47 Å². The molecule has 0 aliphatic carbocycles. The molecule has 0 spiro atoms. The van der Waals surface area contributed by atoms with Crippen LogP contribution in [-0.4, -0.2) is 42.9 Å². The Balaban J connectivity index is 2.27. The minimum atomic E-state index is -1.39. The molecule has 21 heavy (non-hydrogen) atoms. The van der Waals surface area contributed by atoms with Crippen LogP contribution in [0.15, 0.2) is 12.1 Å². The molecule has 8 nitrogen and oxygen atoms in total. The lowest BCUT2D eigenvalue weighted by Gasteiger charge is -2.14. The third-order valence-corrected chi connectivity index (χ3v) is 3.21. The van der Waals surface area contributed by atoms with Crippen molar-refractivity contribution in [2.75, 3.05) is 26.9 Å². The summed E-state index contributed by atoms with van der Waals surface area (Å²) < 4.78 is 15.8. The summed E-state index contributed by atoms with van der Waals surface area (Å²) in [4.78, 5) is 21.3. The molecule has 0 amide bonds. The molecular weight excluding hydrogens is 282 g/mol. The average molecular weight is 297 g/mol. The number of carbonyl (C=O) groups is 1. The molecule has 1 heterocycles. The number of benzene rings is 1. The molecule has 114 valence electrons. The van der Waals surface area contributed by atoms with Gasteiger partial charge in [-0.25, -0.2) is 4.79 Å². The smallest absolute Gasteiger partial charge is 0.342 e. The SMILES string of the molecule is COc1cc(C(=O)O)c([N+](=O)[O-])cc1OCC1CCOC1. The lowest BCUT2D eigenvalue weighted by molar-refractivity contribution is -0.385. The average Bonchev–Trinajstić information content (AvgIpc) is 2.97. The third-order valence-electron chi connectivity index (χ3n) is 3.21. The predicted molar refractivity (Wildman–Crippen MR) is 71.0 cm³/mol. The Morgan fingerprint density at radius 2 is 2.29 bits per heavy atom. The Kier molecular flexibility index (Phi) is 4.59. The summed E-state index contributed by atoms with van der Waals surface area (Å²) >= 11 is 0. The molecule has 0 aromatic heterocycles. The summed E-state index contributed by atoms with van der Waals surface area (Å²) in [7, 11) is 1.35. The second-order valence-electron chi connectivity index (χ2n) is 4.62. The van der Waals surface area contributed by atoms with Gasteiger partial charge in [-0.05, 0) is 6.42 Å². The number of rotatable bonds is 6. The highest BCUT2D eigenvalue weighted by Gasteiger charge is 2.25. The number of hydrogen-bond acceptors (Lipinski definition) is 6. The number of aromatic carboxylic acids is 1. The molecule has 1 saturated heterocycles. The van der Waals surface area contributed by atoms with Gasteiger partial charge in [0, 0.05) is 18.6 Å². The molecule has 0 bridgehead atoms. The number of ether oxygens (including phenoxy) is 3. The maximum absolute atomic E-state index is 11.1. The molecule has 1 N–H and O–H groups in total. The first-order chi connectivity index (χ1) is 10.0. The Hall–Kier alpha value is -2.35. The van der Waals surface area contributed by atoms with E-state index in [-0.39, 0.29) is 17.4 Å². The Morgan fingerprint density at radius 1 is 1.52 bits per heavy atom. The highest BCUT2D eigenvalue weighted by atomic mass is 16.6. The lowest BCUT2D eigenvalue weighted by Crippen LogP contribution is -2.13. The molecule has 0 radical (unpaired) electrons. The molecular formula is C13H15NO7. The summed E-state index contributed by atoms with van der Waals surface area (Å²) in [6, 6.07) is 2.18. The van der Waals surface area contributed by atoms with Gasteiger partial charge in [0.15, 0.2) is 11.5 Å². The summed E-state index contributed by atoms with van der Waals surface area (Å²) in [6.45, 7) is 1.58. The zero-order valence-electron chi connectivity index (χ0n) is 11.4. The predicted octanol–water partition coefficient (Wildman–Crippen LogP) is 1.72. The molecule has 1 atom stereocenters. The van der Waals surface area contributed by atoms with Gasteiger partial charge in [-0.2, -0.15) is 0 Å². The Bertz CT molecular complexity index is 552. The zero-order chi connectivity index (χ0) is 15.4. The molecule has 1 aromatic carbocycles. The third kappa shape index (κ3) is 3.40. The van der Waals surface area contributed by atoms with Crippen LogP contribution in [0.5, 0.6) is 11.5 Å². The Morgan fingerprint density at radius 3 is 2.81 bits per heavy atom. The molecule has 1 fully saturated rings. The van der Waals surface area contributed by atoms with E-state index < -0.39 is 22.1 Å². The second-order valence-corrected chi connectivity index (χ2v) is 4.62. The lowest BCUT2D eigenvalue weighted by atomic mass is 10.1. The van der Waals surface area contributed by atoms with E-state index in [2.05, 4.69) is 0 Å². The fourth-order valence-electron chi connectivity index (χ4n) is 2.07. The van der Waals surface area contributed by atoms with E-state index >= 15 is 0 Å². The molecule has 0 saturated carbocycles. The van der Waals surface area contributed by atoms with Gasteiger partial charge in [0.05, 0.1) is 31.3 Å². The van der Waals surface area contributed by atoms with Crippen molar-refractivity contribution >= 4 is 11.7 Å². The van der Waals surface area contributed by atoms with Gasteiger partial charge < -0.3 is 19.3 Å². The first-order valence-corrected chi connectivity index (χ1v) is 6.33. The van der Waals surface area contributed by atoms with Gasteiger partial charge in [-0.3, -0.25) is 10.1 Å². The van der Waals surface area contributed by atoms with Crippen molar-refractivity contribution in [2.45, 2.75) is 6.42 Å². The summed E-state index contributed by atoms with van der Waals surface area (Å²) in [5, 5.41) is 20.0. The van der Waals surface area contributed by atoms with Crippen LogP contribution in [0.2, 0.25) is 0 Å². The number of nitro groups is 1. The first-order valence-electron chi connectivity index (χ1n) is 6.33. The Labute approximate surface area is 120 Å². The van der Waals surface area contributed by atoms with Gasteiger partial charge >= 0.3 is 5.97 Å². The van der Waals surface area contributed by atoms with Crippen LogP contribution in [0.4, 0.5) is 5.69 Å². The van der Waals surface area contributed by atoms with Crippen LogP contribution in [0, 0.1) is 16.0 Å². The van der Waals surface area contributed by atoms with E-state index in [0.717, 1.165) is 18.6 Å². The molecule has 1 aromatic rings. The van der Waals surface area contributed by atoms with Crippen molar-refractivity contribution in [2.24, 2.45) is 5.92 Å². The molecule has 1 aliphatic heterocycles. The van der Waals surface area contributed by atoms with Crippen molar-refractivity contribution < 1.29 is 29.0 Å². The number of nitrogens with zero attached hydrogens (tertiary/aromatic N) is 1. The van der Waals surface area contributed by atoms with Gasteiger partial charge in [-0.1, -0.05) is 0 Å². The van der Waals surface area contributed by atoms with Crippen LogP contribution >= 0.6 is 0 Å². The number of hydrogen-bond donors (Lipinski definition) is 1. The zero-order valence-corrected chi connectivity index (χ0v) is 11.4. The van der Waals surface area contributed by atoms with Gasteiger partial charge in [0.1, 0.15) is 5.56 Å². The summed E-state index contributed by atoms with van der Waals surface area (Å²) in [5.74, 6) is -0.873. The van der Waals surface area contributed by atoms with E-state index in [1.807, 2.05) is 0 Å². The minimum absolute atomic E-state index is 0.150. The van der Waals surface area contributed by atoms with Gasteiger partial charge in [0.25, 0.3) is 5.69 Å². The molecule has 1 aliphatic rings. The quantitative estimate of drug-likeness (QED) is 0.629. The highest BCUT2D eigenvalue weighted by molar-refractivity contribution is 5.93. The fourth-order valence-corrected chi connectivity index (χ4v) is 2.07. The molecule has 8 heteroatoms.